The van der Waals surface area contributed by atoms with E-state index in [0.29, 0.717) is 16.2 Å². The quantitative estimate of drug-likeness (QED) is 0.610. The summed E-state index contributed by atoms with van der Waals surface area (Å²) in [6.45, 7) is -0.270. The topological polar surface area (TPSA) is 98.1 Å². The van der Waals surface area contributed by atoms with Gasteiger partial charge in [0, 0.05) is 4.47 Å². The summed E-state index contributed by atoms with van der Waals surface area (Å²) in [5.74, 6) is -0.275. The van der Waals surface area contributed by atoms with Crippen LogP contribution in [0.1, 0.15) is 18.0 Å². The molecule has 0 saturated carbocycles. The van der Waals surface area contributed by atoms with E-state index in [9.17, 15) is 14.0 Å². The van der Waals surface area contributed by atoms with Gasteiger partial charge in [0.05, 0.1) is 18.2 Å². The molecular weight excluding hydrogens is 445 g/mol. The molecule has 0 saturated heterocycles. The Morgan fingerprint density at radius 1 is 1.31 bits per heavy atom. The molecule has 1 aliphatic heterocycles. The lowest BCUT2D eigenvalue weighted by Gasteiger charge is -2.23. The third kappa shape index (κ3) is 4.27. The standard InChI is InChI=1S/C19H15BrFN5O3/c20-12-3-6-15(14(21)7-12)24-18(28)9-29-13-4-1-11(2-5-13)16-8-17(27)25-19-22-10-23-26(16)19/h1-7,10,16H,8-9H2,(H,24,28)(H,22,23,25,27). The monoisotopic (exact) mass is 459 g/mol. The number of carbonyl (C=O) groups is 2. The Labute approximate surface area is 173 Å². The average Bonchev–Trinajstić information content (AvgIpc) is 3.17. The van der Waals surface area contributed by atoms with Gasteiger partial charge < -0.3 is 10.1 Å². The van der Waals surface area contributed by atoms with Crippen molar-refractivity contribution in [1.29, 1.82) is 0 Å². The molecule has 2 amide bonds. The van der Waals surface area contributed by atoms with Crippen molar-refractivity contribution in [3.8, 4) is 5.75 Å². The molecule has 148 valence electrons. The van der Waals surface area contributed by atoms with Crippen LogP contribution in [0.25, 0.3) is 0 Å². The first-order chi connectivity index (χ1) is 14.0. The number of halogens is 2. The molecule has 1 unspecified atom stereocenters. The molecule has 0 aliphatic carbocycles. The van der Waals surface area contributed by atoms with Crippen LogP contribution in [0.15, 0.2) is 53.3 Å². The first-order valence-electron chi connectivity index (χ1n) is 8.66. The minimum atomic E-state index is -0.541. The fraction of sp³-hybridized carbons (Fsp3) is 0.158. The number of amides is 2. The fourth-order valence-electron chi connectivity index (χ4n) is 2.98. The van der Waals surface area contributed by atoms with E-state index < -0.39 is 11.7 Å². The summed E-state index contributed by atoms with van der Waals surface area (Å²) in [5, 5.41) is 9.28. The summed E-state index contributed by atoms with van der Waals surface area (Å²) in [4.78, 5) is 27.9. The number of fused-ring (bicyclic) bond motifs is 1. The van der Waals surface area contributed by atoms with Crippen LogP contribution in [0.2, 0.25) is 0 Å². The third-order valence-electron chi connectivity index (χ3n) is 4.34. The zero-order chi connectivity index (χ0) is 20.4. The Bertz CT molecular complexity index is 1070. The molecule has 2 N–H and O–H groups in total. The molecule has 2 aromatic carbocycles. The summed E-state index contributed by atoms with van der Waals surface area (Å²) in [6.07, 6.45) is 1.63. The highest BCUT2D eigenvalue weighted by Gasteiger charge is 2.27. The van der Waals surface area contributed by atoms with Crippen LogP contribution in [0.5, 0.6) is 5.75 Å². The zero-order valence-electron chi connectivity index (χ0n) is 14.9. The number of nitrogens with zero attached hydrogens (tertiary/aromatic N) is 3. The Hall–Kier alpha value is -3.27. The van der Waals surface area contributed by atoms with E-state index in [0.717, 1.165) is 5.56 Å². The van der Waals surface area contributed by atoms with Gasteiger partial charge in [0.15, 0.2) is 6.61 Å². The molecule has 1 aromatic heterocycles. The second kappa shape index (κ2) is 8.00. The van der Waals surface area contributed by atoms with Crippen LogP contribution in [0.3, 0.4) is 0 Å². The van der Waals surface area contributed by atoms with E-state index in [1.165, 1.54) is 18.5 Å². The smallest absolute Gasteiger partial charge is 0.262 e. The molecule has 0 radical (unpaired) electrons. The van der Waals surface area contributed by atoms with Gasteiger partial charge in [-0.2, -0.15) is 10.1 Å². The van der Waals surface area contributed by atoms with Gasteiger partial charge in [-0.1, -0.05) is 28.1 Å². The summed E-state index contributed by atoms with van der Waals surface area (Å²) in [7, 11) is 0. The molecule has 4 rings (SSSR count). The minimum absolute atomic E-state index is 0.0800. The Kier molecular flexibility index (Phi) is 5.26. The highest BCUT2D eigenvalue weighted by molar-refractivity contribution is 9.10. The maximum atomic E-state index is 13.8. The molecule has 3 aromatic rings. The van der Waals surface area contributed by atoms with E-state index in [1.54, 1.807) is 35.0 Å². The van der Waals surface area contributed by atoms with E-state index in [1.807, 2.05) is 0 Å². The van der Waals surface area contributed by atoms with Crippen molar-refractivity contribution < 1.29 is 18.7 Å². The first kappa shape index (κ1) is 19.1. The van der Waals surface area contributed by atoms with Crippen LogP contribution in [0, 0.1) is 5.82 Å². The van der Waals surface area contributed by atoms with Crippen molar-refractivity contribution in [3.63, 3.8) is 0 Å². The van der Waals surface area contributed by atoms with Crippen molar-refractivity contribution >= 4 is 39.4 Å². The average molecular weight is 460 g/mol. The van der Waals surface area contributed by atoms with Gasteiger partial charge in [-0.05, 0) is 35.9 Å². The summed E-state index contributed by atoms with van der Waals surface area (Å²) < 4.78 is 21.5. The number of nitrogens with one attached hydrogen (secondary N) is 2. The van der Waals surface area contributed by atoms with E-state index in [2.05, 4.69) is 36.6 Å². The number of carbonyl (C=O) groups excluding carboxylic acids is 2. The van der Waals surface area contributed by atoms with Crippen molar-refractivity contribution in [2.24, 2.45) is 0 Å². The lowest BCUT2D eigenvalue weighted by molar-refractivity contribution is -0.118. The van der Waals surface area contributed by atoms with Crippen LogP contribution in [0.4, 0.5) is 16.0 Å². The van der Waals surface area contributed by atoms with Crippen LogP contribution in [-0.2, 0) is 9.59 Å². The summed E-state index contributed by atoms with van der Waals surface area (Å²) in [6, 6.07) is 11.1. The zero-order valence-corrected chi connectivity index (χ0v) is 16.5. The summed E-state index contributed by atoms with van der Waals surface area (Å²) in [5.41, 5.74) is 0.941. The largest absolute Gasteiger partial charge is 0.484 e. The van der Waals surface area contributed by atoms with Gasteiger partial charge in [-0.25, -0.2) is 9.07 Å². The Morgan fingerprint density at radius 3 is 2.86 bits per heavy atom. The molecule has 2 heterocycles. The second-order valence-corrected chi connectivity index (χ2v) is 7.24. The van der Waals surface area contributed by atoms with E-state index in [-0.39, 0.29) is 30.7 Å². The SMILES string of the molecule is O=C(COc1ccc(C2CC(=O)Nc3ncnn32)cc1)Nc1ccc(Br)cc1F. The molecule has 1 atom stereocenters. The molecule has 8 nitrogen and oxygen atoms in total. The first-order valence-corrected chi connectivity index (χ1v) is 9.46. The number of hydrogen-bond donors (Lipinski definition) is 2. The van der Waals surface area contributed by atoms with Crippen molar-refractivity contribution in [3.05, 3.63) is 64.6 Å². The van der Waals surface area contributed by atoms with Crippen LogP contribution in [-0.4, -0.2) is 33.2 Å². The molecular formula is C19H15BrFN5O3. The fourth-order valence-corrected chi connectivity index (χ4v) is 3.31. The lowest BCUT2D eigenvalue weighted by Crippen LogP contribution is -2.29. The molecule has 1 aliphatic rings. The molecule has 10 heteroatoms. The maximum Gasteiger partial charge on any atom is 0.262 e. The molecule has 0 fully saturated rings. The normalized spacial score (nSPS) is 15.4. The van der Waals surface area contributed by atoms with Crippen molar-refractivity contribution in [1.82, 2.24) is 14.8 Å². The third-order valence-corrected chi connectivity index (χ3v) is 4.83. The number of rotatable bonds is 5. The number of benzene rings is 2. The Morgan fingerprint density at radius 2 is 2.10 bits per heavy atom. The van der Waals surface area contributed by atoms with E-state index in [4.69, 9.17) is 4.74 Å². The second-order valence-electron chi connectivity index (χ2n) is 6.33. The Balaban J connectivity index is 1.38. The van der Waals surface area contributed by atoms with E-state index >= 15 is 0 Å². The highest BCUT2D eigenvalue weighted by atomic mass is 79.9. The van der Waals surface area contributed by atoms with Gasteiger partial charge in [0.25, 0.3) is 5.91 Å². The minimum Gasteiger partial charge on any atom is -0.484 e. The molecule has 29 heavy (non-hydrogen) atoms. The van der Waals surface area contributed by atoms with Gasteiger partial charge in [-0.15, -0.1) is 0 Å². The lowest BCUT2D eigenvalue weighted by atomic mass is 10.0. The summed E-state index contributed by atoms with van der Waals surface area (Å²) >= 11 is 3.16. The molecule has 0 bridgehead atoms. The number of aromatic nitrogens is 3. The van der Waals surface area contributed by atoms with Gasteiger partial charge in [-0.3, -0.25) is 14.9 Å². The highest BCUT2D eigenvalue weighted by Crippen LogP contribution is 2.29. The number of ether oxygens (including phenoxy) is 1. The molecule has 0 spiro atoms. The predicted octanol–water partition coefficient (Wildman–Crippen LogP) is 3.13. The maximum absolute atomic E-state index is 13.8. The number of hydrogen-bond acceptors (Lipinski definition) is 5. The van der Waals surface area contributed by atoms with Gasteiger partial charge >= 0.3 is 0 Å². The van der Waals surface area contributed by atoms with Crippen molar-refractivity contribution in [2.45, 2.75) is 12.5 Å². The van der Waals surface area contributed by atoms with Gasteiger partial charge in [0.1, 0.15) is 17.9 Å². The number of anilines is 2. The van der Waals surface area contributed by atoms with Crippen LogP contribution >= 0.6 is 15.9 Å². The predicted molar refractivity (Wildman–Crippen MR) is 106 cm³/mol. The van der Waals surface area contributed by atoms with Gasteiger partial charge in [0.2, 0.25) is 11.9 Å². The van der Waals surface area contributed by atoms with Crippen molar-refractivity contribution in [2.75, 3.05) is 17.2 Å². The van der Waals surface area contributed by atoms with Crippen LogP contribution < -0.4 is 15.4 Å².